The van der Waals surface area contributed by atoms with E-state index in [-0.39, 0.29) is 6.10 Å². The normalized spacial score (nSPS) is 22.7. The van der Waals surface area contributed by atoms with Crippen molar-refractivity contribution in [3.05, 3.63) is 27.7 Å². The van der Waals surface area contributed by atoms with Gasteiger partial charge < -0.3 is 14.8 Å². The molecule has 5 heteroatoms. The molecule has 2 unspecified atom stereocenters. The van der Waals surface area contributed by atoms with E-state index in [1.807, 2.05) is 18.2 Å². The lowest BCUT2D eigenvalue weighted by molar-refractivity contribution is 0.0186. The molecule has 1 aromatic carbocycles. The van der Waals surface area contributed by atoms with Crippen molar-refractivity contribution in [2.45, 2.75) is 32.0 Å². The molecule has 1 fully saturated rings. The van der Waals surface area contributed by atoms with Crippen LogP contribution in [0, 0.1) is 0 Å². The van der Waals surface area contributed by atoms with Crippen LogP contribution in [-0.2, 0) is 4.74 Å². The summed E-state index contributed by atoms with van der Waals surface area (Å²) < 4.78 is 12.6. The molecule has 19 heavy (non-hydrogen) atoms. The van der Waals surface area contributed by atoms with Gasteiger partial charge in [-0.1, -0.05) is 18.5 Å². The molecular formula is C14H19BrClNO2. The third-order valence-electron chi connectivity index (χ3n) is 3.14. The van der Waals surface area contributed by atoms with Crippen LogP contribution in [0.1, 0.15) is 19.8 Å². The summed E-state index contributed by atoms with van der Waals surface area (Å²) in [7, 11) is 0. The van der Waals surface area contributed by atoms with Crippen LogP contribution < -0.4 is 10.1 Å². The average Bonchev–Trinajstić information content (AvgIpc) is 2.83. The van der Waals surface area contributed by atoms with Crippen molar-refractivity contribution in [2.75, 3.05) is 19.7 Å². The van der Waals surface area contributed by atoms with E-state index in [1.54, 1.807) is 0 Å². The maximum atomic E-state index is 5.92. The minimum atomic E-state index is 0.186. The van der Waals surface area contributed by atoms with Crippen molar-refractivity contribution in [3.63, 3.8) is 0 Å². The number of hydrogen-bond acceptors (Lipinski definition) is 3. The molecule has 0 saturated carbocycles. The first kappa shape index (κ1) is 15.1. The molecular weight excluding hydrogens is 330 g/mol. The molecule has 0 amide bonds. The van der Waals surface area contributed by atoms with E-state index >= 15 is 0 Å². The Balaban J connectivity index is 1.77. The summed E-state index contributed by atoms with van der Waals surface area (Å²) in [6.45, 7) is 4.60. The fraction of sp³-hybridized carbons (Fsp3) is 0.571. The van der Waals surface area contributed by atoms with E-state index in [0.29, 0.717) is 17.7 Å². The van der Waals surface area contributed by atoms with Crippen molar-refractivity contribution in [2.24, 2.45) is 0 Å². The molecule has 1 aliphatic rings. The Morgan fingerprint density at radius 2 is 2.21 bits per heavy atom. The lowest BCUT2D eigenvalue weighted by Crippen LogP contribution is -2.28. The highest BCUT2D eigenvalue weighted by atomic mass is 79.9. The zero-order valence-electron chi connectivity index (χ0n) is 11.0. The van der Waals surface area contributed by atoms with Crippen LogP contribution in [0.15, 0.2) is 22.7 Å². The van der Waals surface area contributed by atoms with Crippen LogP contribution in [-0.4, -0.2) is 31.9 Å². The average molecular weight is 349 g/mol. The minimum absolute atomic E-state index is 0.186. The number of ether oxygens (including phenoxy) is 2. The first-order chi connectivity index (χ1) is 9.19. The van der Waals surface area contributed by atoms with Crippen LogP contribution in [0.25, 0.3) is 0 Å². The summed E-state index contributed by atoms with van der Waals surface area (Å²) >= 11 is 9.34. The smallest absolute Gasteiger partial charge is 0.133 e. The molecule has 3 nitrogen and oxygen atoms in total. The van der Waals surface area contributed by atoms with Gasteiger partial charge in [-0.2, -0.15) is 0 Å². The lowest BCUT2D eigenvalue weighted by Gasteiger charge is -2.15. The highest BCUT2D eigenvalue weighted by Gasteiger charge is 2.25. The molecule has 1 N–H and O–H groups in total. The van der Waals surface area contributed by atoms with Crippen LogP contribution in [0.2, 0.25) is 5.02 Å². The number of halogens is 2. The minimum Gasteiger partial charge on any atom is -0.490 e. The Kier molecular flexibility index (Phi) is 5.95. The van der Waals surface area contributed by atoms with Gasteiger partial charge >= 0.3 is 0 Å². The zero-order chi connectivity index (χ0) is 13.7. The van der Waals surface area contributed by atoms with E-state index in [1.165, 1.54) is 0 Å². The summed E-state index contributed by atoms with van der Waals surface area (Å²) in [5.74, 6) is 0.808. The monoisotopic (exact) mass is 347 g/mol. The van der Waals surface area contributed by atoms with Crippen molar-refractivity contribution in [1.29, 1.82) is 0 Å². The predicted molar refractivity (Wildman–Crippen MR) is 81.1 cm³/mol. The second-order valence-electron chi connectivity index (χ2n) is 4.65. The number of likely N-dealkylation sites (N-methyl/N-ethyl adjacent to an activating group) is 1. The van der Waals surface area contributed by atoms with Crippen LogP contribution in [0.3, 0.4) is 0 Å². The van der Waals surface area contributed by atoms with Crippen molar-refractivity contribution in [1.82, 2.24) is 5.32 Å². The fourth-order valence-electron chi connectivity index (χ4n) is 2.13. The molecule has 1 aromatic rings. The van der Waals surface area contributed by atoms with Crippen molar-refractivity contribution >= 4 is 27.5 Å². The Hall–Kier alpha value is -0.290. The first-order valence-corrected chi connectivity index (χ1v) is 7.80. The molecule has 2 atom stereocenters. The number of nitrogens with one attached hydrogen (secondary N) is 1. The summed E-state index contributed by atoms with van der Waals surface area (Å²) in [4.78, 5) is 0. The molecule has 0 aliphatic carbocycles. The van der Waals surface area contributed by atoms with E-state index in [9.17, 15) is 0 Å². The predicted octanol–water partition coefficient (Wildman–Crippen LogP) is 3.64. The molecule has 0 spiro atoms. The highest BCUT2D eigenvalue weighted by Crippen LogP contribution is 2.29. The number of benzene rings is 1. The molecule has 0 aromatic heterocycles. The van der Waals surface area contributed by atoms with Gasteiger partial charge in [-0.3, -0.25) is 0 Å². The van der Waals surface area contributed by atoms with E-state index in [2.05, 4.69) is 28.2 Å². The van der Waals surface area contributed by atoms with Gasteiger partial charge in [0, 0.05) is 11.6 Å². The van der Waals surface area contributed by atoms with Gasteiger partial charge in [-0.15, -0.1) is 0 Å². The highest BCUT2D eigenvalue weighted by molar-refractivity contribution is 9.10. The van der Waals surface area contributed by atoms with Crippen molar-refractivity contribution in [3.8, 4) is 5.75 Å². The molecule has 0 bridgehead atoms. The lowest BCUT2D eigenvalue weighted by atomic mass is 10.2. The van der Waals surface area contributed by atoms with Gasteiger partial charge in [0.2, 0.25) is 0 Å². The Morgan fingerprint density at radius 3 is 2.95 bits per heavy atom. The second-order valence-corrected chi connectivity index (χ2v) is 5.94. The van der Waals surface area contributed by atoms with Crippen LogP contribution >= 0.6 is 27.5 Å². The molecule has 1 saturated heterocycles. The van der Waals surface area contributed by atoms with Gasteiger partial charge in [-0.25, -0.2) is 0 Å². The van der Waals surface area contributed by atoms with E-state index in [0.717, 1.165) is 36.2 Å². The van der Waals surface area contributed by atoms with Gasteiger partial charge in [0.25, 0.3) is 0 Å². The number of hydrogen-bond donors (Lipinski definition) is 1. The molecule has 1 heterocycles. The van der Waals surface area contributed by atoms with Gasteiger partial charge in [0.05, 0.1) is 16.7 Å². The maximum Gasteiger partial charge on any atom is 0.133 e. The van der Waals surface area contributed by atoms with E-state index in [4.69, 9.17) is 21.1 Å². The van der Waals surface area contributed by atoms with E-state index < -0.39 is 0 Å². The molecule has 1 aliphatic heterocycles. The summed E-state index contributed by atoms with van der Waals surface area (Å²) in [5, 5.41) is 4.01. The Bertz CT molecular complexity index is 416. The van der Waals surface area contributed by atoms with Crippen LogP contribution in [0.4, 0.5) is 0 Å². The molecule has 0 radical (unpaired) electrons. The van der Waals surface area contributed by atoms with Crippen LogP contribution in [0.5, 0.6) is 5.75 Å². The standard InChI is InChI=1S/C14H19BrClNO2/c1-2-17-8-11-4-5-12(19-11)9-18-14-6-3-10(16)7-13(14)15/h3,6-7,11-12,17H,2,4-5,8-9H2,1H3. The largest absolute Gasteiger partial charge is 0.490 e. The quantitative estimate of drug-likeness (QED) is 0.851. The summed E-state index contributed by atoms with van der Waals surface area (Å²) in [5.41, 5.74) is 0. The Labute approximate surface area is 127 Å². The van der Waals surface area contributed by atoms with Gasteiger partial charge in [0.15, 0.2) is 0 Å². The third kappa shape index (κ3) is 4.63. The summed E-state index contributed by atoms with van der Waals surface area (Å²) in [6.07, 6.45) is 2.66. The fourth-order valence-corrected chi connectivity index (χ4v) is 2.93. The van der Waals surface area contributed by atoms with Crippen molar-refractivity contribution < 1.29 is 9.47 Å². The third-order valence-corrected chi connectivity index (χ3v) is 3.99. The maximum absolute atomic E-state index is 5.92. The van der Waals surface area contributed by atoms with Gasteiger partial charge in [-0.05, 0) is 53.5 Å². The summed E-state index contributed by atoms with van der Waals surface area (Å²) in [6, 6.07) is 5.53. The SMILES string of the molecule is CCNCC1CCC(COc2ccc(Cl)cc2Br)O1. The molecule has 2 rings (SSSR count). The zero-order valence-corrected chi connectivity index (χ0v) is 13.3. The Morgan fingerprint density at radius 1 is 1.42 bits per heavy atom. The number of rotatable bonds is 6. The molecule has 106 valence electrons. The first-order valence-electron chi connectivity index (χ1n) is 6.63. The van der Waals surface area contributed by atoms with Gasteiger partial charge in [0.1, 0.15) is 12.4 Å². The topological polar surface area (TPSA) is 30.5 Å². The second kappa shape index (κ2) is 7.48.